The van der Waals surface area contributed by atoms with Crippen LogP contribution >= 0.6 is 0 Å². The molecule has 0 bridgehead atoms. The normalized spacial score (nSPS) is 11.5. The molecule has 0 saturated carbocycles. The zero-order valence-corrected chi connectivity index (χ0v) is 18.4. The minimum absolute atomic E-state index is 0.143. The van der Waals surface area contributed by atoms with Gasteiger partial charge < -0.3 is 16.0 Å². The molecule has 3 rings (SSSR count). The lowest BCUT2D eigenvalue weighted by Gasteiger charge is -2.22. The average molecular weight is 430 g/mol. The van der Waals surface area contributed by atoms with Crippen molar-refractivity contribution < 1.29 is 14.4 Å². The smallest absolute Gasteiger partial charge is 0.255 e. The average Bonchev–Trinajstić information content (AvgIpc) is 2.79. The Balaban J connectivity index is 1.75. The van der Waals surface area contributed by atoms with E-state index in [4.69, 9.17) is 0 Å². The summed E-state index contributed by atoms with van der Waals surface area (Å²) in [6.45, 7) is 5.70. The number of benzene rings is 3. The van der Waals surface area contributed by atoms with Gasteiger partial charge in [0.05, 0.1) is 11.3 Å². The van der Waals surface area contributed by atoms with Crippen molar-refractivity contribution in [2.75, 3.05) is 10.6 Å². The van der Waals surface area contributed by atoms with Gasteiger partial charge in [0.15, 0.2) is 0 Å². The first-order valence-electron chi connectivity index (χ1n) is 10.5. The highest BCUT2D eigenvalue weighted by Gasteiger charge is 2.26. The second-order valence-corrected chi connectivity index (χ2v) is 7.92. The van der Waals surface area contributed by atoms with Crippen LogP contribution in [-0.2, 0) is 4.79 Å². The standard InChI is InChI=1S/C26H27N3O3/c1-17(2)23(26(32)27-20-15-13-18(3)14-16-20)29-25(31)21-11-7-8-12-22(21)28-24(30)19-9-5-4-6-10-19/h4-17,23H,1-3H3,(H,27,32)(H,28,30)(H,29,31). The number of hydrogen-bond acceptors (Lipinski definition) is 3. The number of para-hydroxylation sites is 1. The molecule has 0 spiro atoms. The molecule has 32 heavy (non-hydrogen) atoms. The second-order valence-electron chi connectivity index (χ2n) is 7.92. The topological polar surface area (TPSA) is 87.3 Å². The lowest BCUT2D eigenvalue weighted by Crippen LogP contribution is -2.47. The largest absolute Gasteiger partial charge is 0.340 e. The molecule has 0 saturated heterocycles. The molecule has 6 nitrogen and oxygen atoms in total. The van der Waals surface area contributed by atoms with Crippen molar-refractivity contribution in [1.29, 1.82) is 0 Å². The molecule has 0 aliphatic rings. The van der Waals surface area contributed by atoms with Crippen molar-refractivity contribution in [3.63, 3.8) is 0 Å². The van der Waals surface area contributed by atoms with E-state index in [-0.39, 0.29) is 23.3 Å². The highest BCUT2D eigenvalue weighted by atomic mass is 16.2. The number of anilines is 2. The summed E-state index contributed by atoms with van der Waals surface area (Å²) in [7, 11) is 0. The quantitative estimate of drug-likeness (QED) is 0.511. The van der Waals surface area contributed by atoms with E-state index in [1.165, 1.54) is 0 Å². The molecule has 3 aromatic rings. The van der Waals surface area contributed by atoms with Crippen molar-refractivity contribution in [2.45, 2.75) is 26.8 Å². The molecule has 1 atom stereocenters. The molecule has 1 unspecified atom stereocenters. The number of amides is 3. The molecule has 3 N–H and O–H groups in total. The minimum Gasteiger partial charge on any atom is -0.340 e. The highest BCUT2D eigenvalue weighted by Crippen LogP contribution is 2.18. The maximum Gasteiger partial charge on any atom is 0.255 e. The molecule has 3 aromatic carbocycles. The first-order valence-corrected chi connectivity index (χ1v) is 10.5. The van der Waals surface area contributed by atoms with Crippen LogP contribution < -0.4 is 16.0 Å². The van der Waals surface area contributed by atoms with E-state index in [1.807, 2.05) is 51.1 Å². The Bertz CT molecular complexity index is 1090. The van der Waals surface area contributed by atoms with E-state index in [9.17, 15) is 14.4 Å². The van der Waals surface area contributed by atoms with Crippen LogP contribution in [0.1, 0.15) is 40.1 Å². The van der Waals surface area contributed by atoms with Crippen LogP contribution in [0.25, 0.3) is 0 Å². The van der Waals surface area contributed by atoms with E-state index in [2.05, 4.69) is 16.0 Å². The molecule has 0 aliphatic carbocycles. The summed E-state index contributed by atoms with van der Waals surface area (Å²) < 4.78 is 0. The first-order chi connectivity index (χ1) is 15.3. The summed E-state index contributed by atoms with van der Waals surface area (Å²) in [6, 6.07) is 22.2. The lowest BCUT2D eigenvalue weighted by molar-refractivity contribution is -0.118. The fourth-order valence-corrected chi connectivity index (χ4v) is 3.18. The molecular weight excluding hydrogens is 402 g/mol. The molecule has 0 aromatic heterocycles. The van der Waals surface area contributed by atoms with Gasteiger partial charge in [0.25, 0.3) is 11.8 Å². The zero-order valence-electron chi connectivity index (χ0n) is 18.4. The number of rotatable bonds is 7. The van der Waals surface area contributed by atoms with Gasteiger partial charge in [-0.15, -0.1) is 0 Å². The Morgan fingerprint density at radius 2 is 1.34 bits per heavy atom. The van der Waals surface area contributed by atoms with Crippen LogP contribution in [0.15, 0.2) is 78.9 Å². The number of aryl methyl sites for hydroxylation is 1. The van der Waals surface area contributed by atoms with Crippen LogP contribution in [0.4, 0.5) is 11.4 Å². The monoisotopic (exact) mass is 429 g/mol. The number of carbonyl (C=O) groups excluding carboxylic acids is 3. The Labute approximate surface area is 188 Å². The van der Waals surface area contributed by atoms with E-state index in [0.29, 0.717) is 16.9 Å². The Kier molecular flexibility index (Phi) is 7.39. The zero-order chi connectivity index (χ0) is 23.1. The third kappa shape index (κ3) is 5.82. The molecule has 0 radical (unpaired) electrons. The SMILES string of the molecule is Cc1ccc(NC(=O)C(NC(=O)c2ccccc2NC(=O)c2ccccc2)C(C)C)cc1. The van der Waals surface area contributed by atoms with Crippen molar-refractivity contribution in [3.05, 3.63) is 95.6 Å². The van der Waals surface area contributed by atoms with Gasteiger partial charge in [-0.05, 0) is 49.2 Å². The predicted molar refractivity (Wildman–Crippen MR) is 127 cm³/mol. The molecule has 0 heterocycles. The maximum atomic E-state index is 13.1. The van der Waals surface area contributed by atoms with Gasteiger partial charge in [-0.1, -0.05) is 61.9 Å². The number of nitrogens with one attached hydrogen (secondary N) is 3. The van der Waals surface area contributed by atoms with Crippen molar-refractivity contribution in [2.24, 2.45) is 5.92 Å². The summed E-state index contributed by atoms with van der Waals surface area (Å²) in [5, 5.41) is 8.45. The van der Waals surface area contributed by atoms with E-state index in [1.54, 1.807) is 48.5 Å². The van der Waals surface area contributed by atoms with Gasteiger partial charge in [-0.3, -0.25) is 14.4 Å². The van der Waals surface area contributed by atoms with Crippen molar-refractivity contribution in [3.8, 4) is 0 Å². The van der Waals surface area contributed by atoms with E-state index >= 15 is 0 Å². The van der Waals surface area contributed by atoms with Gasteiger partial charge in [0.1, 0.15) is 6.04 Å². The summed E-state index contributed by atoms with van der Waals surface area (Å²) in [5.41, 5.74) is 2.90. The Hall–Kier alpha value is -3.93. The number of carbonyl (C=O) groups is 3. The van der Waals surface area contributed by atoms with Crippen LogP contribution in [0.3, 0.4) is 0 Å². The third-order valence-electron chi connectivity index (χ3n) is 5.01. The summed E-state index contributed by atoms with van der Waals surface area (Å²) in [6.07, 6.45) is 0. The summed E-state index contributed by atoms with van der Waals surface area (Å²) in [5.74, 6) is -1.20. The summed E-state index contributed by atoms with van der Waals surface area (Å²) in [4.78, 5) is 38.5. The van der Waals surface area contributed by atoms with Crippen LogP contribution in [-0.4, -0.2) is 23.8 Å². The van der Waals surface area contributed by atoms with Gasteiger partial charge in [-0.2, -0.15) is 0 Å². The van der Waals surface area contributed by atoms with E-state index < -0.39 is 11.9 Å². The molecular formula is C26H27N3O3. The minimum atomic E-state index is -0.748. The lowest BCUT2D eigenvalue weighted by atomic mass is 10.0. The Morgan fingerprint density at radius 1 is 0.719 bits per heavy atom. The maximum absolute atomic E-state index is 13.1. The van der Waals surface area contributed by atoms with Crippen molar-refractivity contribution in [1.82, 2.24) is 5.32 Å². The van der Waals surface area contributed by atoms with Crippen LogP contribution in [0.2, 0.25) is 0 Å². The Morgan fingerprint density at radius 3 is 2.00 bits per heavy atom. The van der Waals surface area contributed by atoms with Gasteiger partial charge in [0.2, 0.25) is 5.91 Å². The van der Waals surface area contributed by atoms with Crippen LogP contribution in [0.5, 0.6) is 0 Å². The van der Waals surface area contributed by atoms with Crippen LogP contribution in [0, 0.1) is 12.8 Å². The molecule has 164 valence electrons. The van der Waals surface area contributed by atoms with Gasteiger partial charge >= 0.3 is 0 Å². The number of hydrogen-bond donors (Lipinski definition) is 3. The third-order valence-corrected chi connectivity index (χ3v) is 5.01. The summed E-state index contributed by atoms with van der Waals surface area (Å²) >= 11 is 0. The predicted octanol–water partition coefficient (Wildman–Crippen LogP) is 4.64. The molecule has 6 heteroatoms. The molecule has 0 fully saturated rings. The van der Waals surface area contributed by atoms with E-state index in [0.717, 1.165) is 5.56 Å². The molecule has 0 aliphatic heterocycles. The fourth-order valence-electron chi connectivity index (χ4n) is 3.18. The highest BCUT2D eigenvalue weighted by molar-refractivity contribution is 6.10. The molecule has 3 amide bonds. The van der Waals surface area contributed by atoms with Gasteiger partial charge in [-0.25, -0.2) is 0 Å². The first kappa shape index (κ1) is 22.7. The van der Waals surface area contributed by atoms with Crippen molar-refractivity contribution >= 4 is 29.1 Å². The fraction of sp³-hybridized carbons (Fsp3) is 0.192. The second kappa shape index (κ2) is 10.4. The van der Waals surface area contributed by atoms with Gasteiger partial charge in [0, 0.05) is 11.3 Å².